The van der Waals surface area contributed by atoms with Crippen molar-refractivity contribution >= 4 is 29.2 Å². The number of carbonyl (C=O) groups is 1. The van der Waals surface area contributed by atoms with Crippen LogP contribution in [0.25, 0.3) is 0 Å². The molecule has 3 nitrogen and oxygen atoms in total. The molecule has 1 aliphatic heterocycles. The average Bonchev–Trinajstić information content (AvgIpc) is 2.58. The number of alkyl halides is 3. The van der Waals surface area contributed by atoms with Gasteiger partial charge in [0, 0.05) is 15.6 Å². The van der Waals surface area contributed by atoms with Gasteiger partial charge in [-0.2, -0.15) is 13.2 Å². The fourth-order valence-electron chi connectivity index (χ4n) is 2.77. The molecule has 27 heavy (non-hydrogen) atoms. The molecule has 2 atom stereocenters. The summed E-state index contributed by atoms with van der Waals surface area (Å²) in [4.78, 5) is 11.3. The molecule has 3 rings (SSSR count). The van der Waals surface area contributed by atoms with E-state index in [1.165, 1.54) is 12.1 Å². The van der Waals surface area contributed by atoms with E-state index in [4.69, 9.17) is 33.0 Å². The van der Waals surface area contributed by atoms with Crippen LogP contribution in [0, 0.1) is 17.8 Å². The summed E-state index contributed by atoms with van der Waals surface area (Å²) >= 11 is 11.8. The van der Waals surface area contributed by atoms with Crippen LogP contribution < -0.4 is 4.74 Å². The summed E-state index contributed by atoms with van der Waals surface area (Å²) in [6.45, 7) is 0. The number of rotatable bonds is 1. The second-order valence-electron chi connectivity index (χ2n) is 5.93. The van der Waals surface area contributed by atoms with Crippen molar-refractivity contribution in [3.05, 3.63) is 63.1 Å². The molecule has 0 aliphatic carbocycles. The Morgan fingerprint density at radius 1 is 1.11 bits per heavy atom. The number of ether oxygens (including phenoxy) is 1. The molecule has 140 valence electrons. The van der Waals surface area contributed by atoms with E-state index in [0.717, 1.165) is 0 Å². The lowest BCUT2D eigenvalue weighted by Crippen LogP contribution is -2.47. The molecule has 0 saturated heterocycles. The van der Waals surface area contributed by atoms with Gasteiger partial charge in [0.1, 0.15) is 11.7 Å². The zero-order valence-corrected chi connectivity index (χ0v) is 15.0. The molecule has 0 fully saturated rings. The standard InChI is InChI=1S/C19H11Cl2F3O3/c20-13-5-2-10(3-6-13)1-4-11-7-14(21)8-12-9-15(18(25)26)17(19(22,23)24)27-16(11)12/h2-3,5-8,15,17H,9H2,(H,25,26)/t15-,17+/m1/s1. The Kier molecular flexibility index (Phi) is 5.27. The topological polar surface area (TPSA) is 46.5 Å². The van der Waals surface area contributed by atoms with Gasteiger partial charge in [-0.05, 0) is 48.4 Å². The van der Waals surface area contributed by atoms with Crippen LogP contribution in [-0.4, -0.2) is 23.4 Å². The van der Waals surface area contributed by atoms with Gasteiger partial charge >= 0.3 is 12.1 Å². The van der Waals surface area contributed by atoms with Crippen molar-refractivity contribution in [1.29, 1.82) is 0 Å². The summed E-state index contributed by atoms with van der Waals surface area (Å²) in [5.41, 5.74) is 1.03. The fourth-order valence-corrected chi connectivity index (χ4v) is 3.14. The van der Waals surface area contributed by atoms with Gasteiger partial charge in [-0.1, -0.05) is 35.0 Å². The third-order valence-electron chi connectivity index (χ3n) is 4.01. The van der Waals surface area contributed by atoms with Crippen LogP contribution in [0.2, 0.25) is 10.0 Å². The van der Waals surface area contributed by atoms with Crippen molar-refractivity contribution < 1.29 is 27.8 Å². The van der Waals surface area contributed by atoms with Gasteiger partial charge in [-0.3, -0.25) is 4.79 Å². The quantitative estimate of drug-likeness (QED) is 0.670. The maximum atomic E-state index is 13.3. The van der Waals surface area contributed by atoms with Crippen LogP contribution in [0.15, 0.2) is 36.4 Å². The largest absolute Gasteiger partial charge is 0.481 e. The van der Waals surface area contributed by atoms with E-state index in [2.05, 4.69) is 11.8 Å². The Bertz CT molecular complexity index is 944. The van der Waals surface area contributed by atoms with Crippen LogP contribution in [0.5, 0.6) is 5.75 Å². The molecule has 0 radical (unpaired) electrons. The van der Waals surface area contributed by atoms with Gasteiger partial charge in [0.05, 0.1) is 5.56 Å². The van der Waals surface area contributed by atoms with E-state index in [1.54, 1.807) is 24.3 Å². The fraction of sp³-hybridized carbons (Fsp3) is 0.211. The first-order chi connectivity index (χ1) is 12.6. The number of aliphatic carboxylic acids is 1. The highest BCUT2D eigenvalue weighted by molar-refractivity contribution is 6.31. The molecule has 0 amide bonds. The third-order valence-corrected chi connectivity index (χ3v) is 4.48. The summed E-state index contributed by atoms with van der Waals surface area (Å²) in [5.74, 6) is 2.12. The predicted octanol–water partition coefficient (Wildman–Crippen LogP) is 4.96. The number of carboxylic acid groups (broad SMARTS) is 1. The van der Waals surface area contributed by atoms with Crippen molar-refractivity contribution in [2.24, 2.45) is 5.92 Å². The van der Waals surface area contributed by atoms with Gasteiger partial charge < -0.3 is 9.84 Å². The molecule has 0 bridgehead atoms. The van der Waals surface area contributed by atoms with E-state index in [1.807, 2.05) is 0 Å². The smallest absolute Gasteiger partial charge is 0.426 e. The lowest BCUT2D eigenvalue weighted by molar-refractivity contribution is -0.217. The molecule has 1 aliphatic rings. The third kappa shape index (κ3) is 4.32. The summed E-state index contributed by atoms with van der Waals surface area (Å²) in [7, 11) is 0. The van der Waals surface area contributed by atoms with Crippen LogP contribution in [-0.2, 0) is 11.2 Å². The maximum absolute atomic E-state index is 13.3. The van der Waals surface area contributed by atoms with Crippen molar-refractivity contribution in [3.8, 4) is 17.6 Å². The zero-order valence-electron chi connectivity index (χ0n) is 13.5. The van der Waals surface area contributed by atoms with Gasteiger partial charge in [0.2, 0.25) is 6.10 Å². The SMILES string of the molecule is O=C(O)[C@@H]1Cc2cc(Cl)cc(C#Cc3ccc(Cl)cc3)c2O[C@@H]1C(F)(F)F. The molecule has 1 N–H and O–H groups in total. The summed E-state index contributed by atoms with van der Waals surface area (Å²) < 4.78 is 44.9. The van der Waals surface area contributed by atoms with Crippen LogP contribution in [0.4, 0.5) is 13.2 Å². The first-order valence-corrected chi connectivity index (χ1v) is 8.47. The van der Waals surface area contributed by atoms with E-state index in [-0.39, 0.29) is 28.3 Å². The molecule has 0 saturated carbocycles. The van der Waals surface area contributed by atoms with Crippen LogP contribution in [0.3, 0.4) is 0 Å². The monoisotopic (exact) mass is 414 g/mol. The Morgan fingerprint density at radius 2 is 1.78 bits per heavy atom. The second-order valence-corrected chi connectivity index (χ2v) is 6.80. The first-order valence-electron chi connectivity index (χ1n) is 7.71. The van der Waals surface area contributed by atoms with E-state index < -0.39 is 24.2 Å². The number of fused-ring (bicyclic) bond motifs is 1. The Balaban J connectivity index is 2.05. The normalized spacial score (nSPS) is 18.7. The van der Waals surface area contributed by atoms with Gasteiger partial charge in [0.25, 0.3) is 0 Å². The van der Waals surface area contributed by atoms with Gasteiger partial charge in [-0.25, -0.2) is 0 Å². The number of hydrogen-bond acceptors (Lipinski definition) is 2. The first kappa shape index (κ1) is 19.4. The second kappa shape index (κ2) is 7.34. The number of halogens is 5. The number of carboxylic acids is 1. The minimum Gasteiger partial charge on any atom is -0.481 e. The van der Waals surface area contributed by atoms with E-state index >= 15 is 0 Å². The molecule has 8 heteroatoms. The van der Waals surface area contributed by atoms with Crippen LogP contribution in [0.1, 0.15) is 16.7 Å². The highest BCUT2D eigenvalue weighted by Gasteiger charge is 2.52. The predicted molar refractivity (Wildman–Crippen MR) is 94.2 cm³/mol. The Hall–Kier alpha value is -2.36. The van der Waals surface area contributed by atoms with Crippen LogP contribution >= 0.6 is 23.2 Å². The summed E-state index contributed by atoms with van der Waals surface area (Å²) in [5, 5.41) is 9.91. The minimum atomic E-state index is -4.83. The lowest BCUT2D eigenvalue weighted by atomic mass is 9.89. The van der Waals surface area contributed by atoms with Crippen molar-refractivity contribution in [2.45, 2.75) is 18.7 Å². The van der Waals surface area contributed by atoms with Crippen molar-refractivity contribution in [2.75, 3.05) is 0 Å². The molecule has 2 aromatic rings. The maximum Gasteiger partial charge on any atom is 0.426 e. The molecule has 0 unspecified atom stereocenters. The summed E-state index contributed by atoms with van der Waals surface area (Å²) in [6, 6.07) is 9.36. The Labute approximate surface area is 162 Å². The number of hydrogen-bond donors (Lipinski definition) is 1. The molecular formula is C19H11Cl2F3O3. The zero-order chi connectivity index (χ0) is 19.8. The molecule has 2 aromatic carbocycles. The average molecular weight is 415 g/mol. The molecule has 0 aromatic heterocycles. The molecular weight excluding hydrogens is 404 g/mol. The highest BCUT2D eigenvalue weighted by atomic mass is 35.5. The number of benzene rings is 2. The van der Waals surface area contributed by atoms with Crippen molar-refractivity contribution in [3.63, 3.8) is 0 Å². The lowest BCUT2D eigenvalue weighted by Gasteiger charge is -2.33. The van der Waals surface area contributed by atoms with Gasteiger partial charge in [-0.15, -0.1) is 0 Å². The minimum absolute atomic E-state index is 0.0966. The van der Waals surface area contributed by atoms with E-state index in [0.29, 0.717) is 10.6 Å². The molecule has 1 heterocycles. The highest BCUT2D eigenvalue weighted by Crippen LogP contribution is 2.41. The van der Waals surface area contributed by atoms with Gasteiger partial charge in [0.15, 0.2) is 0 Å². The van der Waals surface area contributed by atoms with Crippen molar-refractivity contribution in [1.82, 2.24) is 0 Å². The summed E-state index contributed by atoms with van der Waals surface area (Å²) in [6.07, 6.45) is -7.65. The Morgan fingerprint density at radius 3 is 2.37 bits per heavy atom. The van der Waals surface area contributed by atoms with E-state index in [9.17, 15) is 18.0 Å². The molecule has 0 spiro atoms.